The van der Waals surface area contributed by atoms with E-state index in [-0.39, 0.29) is 30.8 Å². The Morgan fingerprint density at radius 3 is 2.60 bits per heavy atom. The number of carbonyl (C=O) groups is 1. The number of hydrogen-bond acceptors (Lipinski definition) is 3. The minimum atomic E-state index is -0.286. The van der Waals surface area contributed by atoms with Crippen LogP contribution < -0.4 is 14.4 Å². The van der Waals surface area contributed by atoms with Crippen LogP contribution in [-0.4, -0.2) is 19.6 Å². The largest absolute Gasteiger partial charge is 0.493 e. The highest BCUT2D eigenvalue weighted by molar-refractivity contribution is 6.03. The minimum absolute atomic E-state index is 0.00802. The van der Waals surface area contributed by atoms with Gasteiger partial charge in [0.1, 0.15) is 12.4 Å². The highest BCUT2D eigenvalue weighted by atomic mass is 19.1. The highest BCUT2D eigenvalue weighted by Crippen LogP contribution is 2.45. The van der Waals surface area contributed by atoms with Crippen molar-refractivity contribution in [3.8, 4) is 23.8 Å². The van der Waals surface area contributed by atoms with E-state index in [1.165, 1.54) is 12.1 Å². The zero-order valence-electron chi connectivity index (χ0n) is 19.3. The zero-order chi connectivity index (χ0) is 24.4. The van der Waals surface area contributed by atoms with Crippen molar-refractivity contribution in [1.29, 1.82) is 0 Å². The van der Waals surface area contributed by atoms with E-state index in [0.29, 0.717) is 17.9 Å². The SMILES string of the molecule is C#CCN1C(=O)CC(c2ccc(OCc3ccc(F)cc3)c(OC)c2)c2c1ccc1ccccc21. The van der Waals surface area contributed by atoms with Crippen molar-refractivity contribution in [3.05, 3.63) is 101 Å². The maximum atomic E-state index is 13.2. The van der Waals surface area contributed by atoms with Gasteiger partial charge in [0.25, 0.3) is 0 Å². The molecule has 0 saturated heterocycles. The van der Waals surface area contributed by atoms with Gasteiger partial charge in [0, 0.05) is 18.0 Å². The summed E-state index contributed by atoms with van der Waals surface area (Å²) in [5, 5.41) is 2.21. The van der Waals surface area contributed by atoms with Gasteiger partial charge in [0.15, 0.2) is 11.5 Å². The number of fused-ring (bicyclic) bond motifs is 3. The van der Waals surface area contributed by atoms with Gasteiger partial charge in [-0.05, 0) is 57.8 Å². The number of methoxy groups -OCH3 is 1. The van der Waals surface area contributed by atoms with Crippen LogP contribution >= 0.6 is 0 Å². The van der Waals surface area contributed by atoms with Crippen molar-refractivity contribution in [1.82, 2.24) is 0 Å². The average molecular weight is 466 g/mol. The monoisotopic (exact) mass is 465 g/mol. The summed E-state index contributed by atoms with van der Waals surface area (Å²) in [6.45, 7) is 0.517. The van der Waals surface area contributed by atoms with Crippen LogP contribution in [-0.2, 0) is 11.4 Å². The maximum absolute atomic E-state index is 13.2. The summed E-state index contributed by atoms with van der Waals surface area (Å²) in [7, 11) is 1.59. The lowest BCUT2D eigenvalue weighted by molar-refractivity contribution is -0.119. The normalized spacial score (nSPS) is 14.9. The predicted molar refractivity (Wildman–Crippen MR) is 135 cm³/mol. The topological polar surface area (TPSA) is 38.8 Å². The van der Waals surface area contributed by atoms with E-state index in [2.05, 4.69) is 18.1 Å². The lowest BCUT2D eigenvalue weighted by Gasteiger charge is -2.34. The summed E-state index contributed by atoms with van der Waals surface area (Å²) in [6, 6.07) is 24.1. The molecule has 4 aromatic rings. The Morgan fingerprint density at radius 1 is 1.03 bits per heavy atom. The molecule has 0 aliphatic carbocycles. The van der Waals surface area contributed by atoms with Crippen molar-refractivity contribution < 1.29 is 18.7 Å². The van der Waals surface area contributed by atoms with Crippen LogP contribution in [0, 0.1) is 18.2 Å². The average Bonchev–Trinajstić information content (AvgIpc) is 2.89. The standard InChI is InChI=1S/C30H24FNO3/c1-3-16-32-26-14-10-21-6-4-5-7-24(21)30(26)25(18-29(32)33)22-11-15-27(28(17-22)34-2)35-19-20-8-12-23(31)13-9-20/h1,4-15,17,25H,16,18-19H2,2H3. The molecule has 0 fully saturated rings. The predicted octanol–water partition coefficient (Wildman–Crippen LogP) is 6.07. The minimum Gasteiger partial charge on any atom is -0.493 e. The molecule has 0 radical (unpaired) electrons. The molecule has 5 rings (SSSR count). The van der Waals surface area contributed by atoms with Gasteiger partial charge in [-0.15, -0.1) is 6.42 Å². The van der Waals surface area contributed by atoms with Crippen molar-refractivity contribution in [3.63, 3.8) is 0 Å². The molecular formula is C30H24FNO3. The van der Waals surface area contributed by atoms with Crippen molar-refractivity contribution in [2.45, 2.75) is 18.9 Å². The molecule has 0 saturated carbocycles. The Bertz CT molecular complexity index is 1440. The van der Waals surface area contributed by atoms with Crippen molar-refractivity contribution in [2.75, 3.05) is 18.6 Å². The van der Waals surface area contributed by atoms with Crippen LogP contribution in [0.2, 0.25) is 0 Å². The van der Waals surface area contributed by atoms with E-state index in [1.807, 2.05) is 42.5 Å². The lowest BCUT2D eigenvalue weighted by Crippen LogP contribution is -2.37. The van der Waals surface area contributed by atoms with Crippen LogP contribution in [0.25, 0.3) is 10.8 Å². The van der Waals surface area contributed by atoms with E-state index in [0.717, 1.165) is 33.2 Å². The van der Waals surface area contributed by atoms with E-state index in [1.54, 1.807) is 24.1 Å². The van der Waals surface area contributed by atoms with Gasteiger partial charge in [-0.3, -0.25) is 4.79 Å². The second-order valence-corrected chi connectivity index (χ2v) is 8.49. The van der Waals surface area contributed by atoms with E-state index in [4.69, 9.17) is 15.9 Å². The first-order valence-corrected chi connectivity index (χ1v) is 11.4. The van der Waals surface area contributed by atoms with Crippen molar-refractivity contribution in [2.24, 2.45) is 0 Å². The number of hydrogen-bond donors (Lipinski definition) is 0. The van der Waals surface area contributed by atoms with Gasteiger partial charge in [-0.25, -0.2) is 4.39 Å². The molecule has 1 aliphatic heterocycles. The number of rotatable bonds is 6. The van der Waals surface area contributed by atoms with Gasteiger partial charge in [0.05, 0.1) is 13.7 Å². The summed E-state index contributed by atoms with van der Waals surface area (Å²) in [6.07, 6.45) is 5.88. The summed E-state index contributed by atoms with van der Waals surface area (Å²) in [5.74, 6) is 3.32. The Hall–Kier alpha value is -4.30. The van der Waals surface area contributed by atoms with E-state index >= 15 is 0 Å². The Morgan fingerprint density at radius 2 is 1.83 bits per heavy atom. The van der Waals surface area contributed by atoms with Gasteiger partial charge < -0.3 is 14.4 Å². The summed E-state index contributed by atoms with van der Waals surface area (Å²) >= 11 is 0. The number of nitrogens with zero attached hydrogens (tertiary/aromatic N) is 1. The molecule has 0 spiro atoms. The molecule has 1 atom stereocenters. The third-order valence-electron chi connectivity index (χ3n) is 6.41. The van der Waals surface area contributed by atoms with Gasteiger partial charge in [0.2, 0.25) is 5.91 Å². The molecule has 174 valence electrons. The maximum Gasteiger partial charge on any atom is 0.228 e. The molecular weight excluding hydrogens is 441 g/mol. The molecule has 1 aliphatic rings. The molecule has 1 heterocycles. The Kier molecular flexibility index (Phi) is 6.12. The van der Waals surface area contributed by atoms with E-state index < -0.39 is 0 Å². The van der Waals surface area contributed by atoms with Gasteiger partial charge in [-0.1, -0.05) is 54.5 Å². The number of benzene rings is 4. The number of ether oxygens (including phenoxy) is 2. The first kappa shape index (κ1) is 22.5. The fraction of sp³-hybridized carbons (Fsp3) is 0.167. The zero-order valence-corrected chi connectivity index (χ0v) is 19.3. The summed E-state index contributed by atoms with van der Waals surface area (Å²) in [4.78, 5) is 14.8. The van der Waals surface area contributed by atoms with Crippen LogP contribution in [0.1, 0.15) is 29.0 Å². The van der Waals surface area contributed by atoms with Crippen LogP contribution in [0.5, 0.6) is 11.5 Å². The fourth-order valence-corrected chi connectivity index (χ4v) is 4.72. The molecule has 4 nitrogen and oxygen atoms in total. The summed E-state index contributed by atoms with van der Waals surface area (Å²) in [5.41, 5.74) is 3.74. The first-order valence-electron chi connectivity index (χ1n) is 11.4. The smallest absolute Gasteiger partial charge is 0.228 e. The molecule has 1 amide bonds. The molecule has 0 N–H and O–H groups in total. The molecule has 35 heavy (non-hydrogen) atoms. The third kappa shape index (κ3) is 4.31. The number of anilines is 1. The molecule has 1 unspecified atom stereocenters. The molecule has 0 aromatic heterocycles. The second-order valence-electron chi connectivity index (χ2n) is 8.49. The molecule has 4 aromatic carbocycles. The number of halogens is 1. The van der Waals surface area contributed by atoms with Crippen LogP contribution in [0.4, 0.5) is 10.1 Å². The fourth-order valence-electron chi connectivity index (χ4n) is 4.72. The van der Waals surface area contributed by atoms with Crippen molar-refractivity contribution >= 4 is 22.4 Å². The van der Waals surface area contributed by atoms with Crippen LogP contribution in [0.3, 0.4) is 0 Å². The molecule has 0 bridgehead atoms. The Labute approximate surface area is 203 Å². The second kappa shape index (κ2) is 9.52. The lowest BCUT2D eigenvalue weighted by atomic mass is 9.81. The highest BCUT2D eigenvalue weighted by Gasteiger charge is 2.33. The quantitative estimate of drug-likeness (QED) is 0.325. The van der Waals surface area contributed by atoms with Gasteiger partial charge in [-0.2, -0.15) is 0 Å². The third-order valence-corrected chi connectivity index (χ3v) is 6.41. The first-order chi connectivity index (χ1) is 17.1. The summed E-state index contributed by atoms with van der Waals surface area (Å²) < 4.78 is 24.8. The van der Waals surface area contributed by atoms with Crippen LogP contribution in [0.15, 0.2) is 78.9 Å². The number of amides is 1. The van der Waals surface area contributed by atoms with Gasteiger partial charge >= 0.3 is 0 Å². The number of terminal acetylenes is 1. The van der Waals surface area contributed by atoms with E-state index in [9.17, 15) is 9.18 Å². The molecule has 5 heteroatoms. The number of carbonyl (C=O) groups excluding carboxylic acids is 1. The Balaban J connectivity index is 1.53.